The van der Waals surface area contributed by atoms with Crippen molar-refractivity contribution < 1.29 is 0 Å². The van der Waals surface area contributed by atoms with Gasteiger partial charge in [0.15, 0.2) is 0 Å². The molecular formula is C17H13NS5. The van der Waals surface area contributed by atoms with Gasteiger partial charge in [0.05, 0.1) is 15.7 Å². The minimum absolute atomic E-state index is 1.02. The van der Waals surface area contributed by atoms with Gasteiger partial charge in [-0.15, -0.1) is 22.7 Å². The molecule has 0 bridgehead atoms. The van der Waals surface area contributed by atoms with Crippen LogP contribution in [-0.2, 0) is 11.5 Å². The lowest BCUT2D eigenvalue weighted by Crippen LogP contribution is -1.78. The number of thiazole rings is 1. The van der Waals surface area contributed by atoms with Gasteiger partial charge in [0.1, 0.15) is 0 Å². The maximum absolute atomic E-state index is 4.38. The molecule has 0 fully saturated rings. The molecule has 4 aromatic rings. The SMILES string of the molecule is c1ccc2c(CSSSCc3ccc4scnc4c3)csc2c1. The highest BCUT2D eigenvalue weighted by molar-refractivity contribution is 9.09. The van der Waals surface area contributed by atoms with E-state index in [1.807, 2.05) is 48.3 Å². The number of benzene rings is 2. The van der Waals surface area contributed by atoms with Gasteiger partial charge >= 0.3 is 0 Å². The number of hydrogen-bond acceptors (Lipinski definition) is 6. The fourth-order valence-electron chi connectivity index (χ4n) is 2.35. The van der Waals surface area contributed by atoms with Crippen LogP contribution < -0.4 is 0 Å². The van der Waals surface area contributed by atoms with Crippen molar-refractivity contribution in [1.82, 2.24) is 4.98 Å². The summed E-state index contributed by atoms with van der Waals surface area (Å²) in [7, 11) is 5.71. The highest BCUT2D eigenvalue weighted by Gasteiger charge is 2.04. The number of rotatable bonds is 6. The van der Waals surface area contributed by atoms with Crippen LogP contribution in [0.5, 0.6) is 0 Å². The molecule has 0 atom stereocenters. The van der Waals surface area contributed by atoms with E-state index in [1.54, 1.807) is 11.3 Å². The number of hydrogen-bond donors (Lipinski definition) is 0. The molecule has 4 rings (SSSR count). The molecule has 0 aliphatic carbocycles. The van der Waals surface area contributed by atoms with E-state index < -0.39 is 0 Å². The largest absolute Gasteiger partial charge is 0.245 e. The molecule has 1 nitrogen and oxygen atoms in total. The van der Waals surface area contributed by atoms with Crippen LogP contribution in [0.4, 0.5) is 0 Å². The van der Waals surface area contributed by atoms with Crippen LogP contribution in [0, 0.1) is 0 Å². The highest BCUT2D eigenvalue weighted by Crippen LogP contribution is 2.40. The van der Waals surface area contributed by atoms with Crippen molar-refractivity contribution in [3.05, 3.63) is 64.5 Å². The third kappa shape index (κ3) is 3.72. The van der Waals surface area contributed by atoms with Gasteiger partial charge in [-0.3, -0.25) is 0 Å². The molecule has 23 heavy (non-hydrogen) atoms. The number of thiophene rings is 1. The van der Waals surface area contributed by atoms with Crippen LogP contribution in [0.2, 0.25) is 0 Å². The predicted octanol–water partition coefficient (Wildman–Crippen LogP) is 7.24. The van der Waals surface area contributed by atoms with Crippen LogP contribution in [0.1, 0.15) is 11.1 Å². The molecule has 0 N–H and O–H groups in total. The summed E-state index contributed by atoms with van der Waals surface area (Å²) >= 11 is 3.54. The Balaban J connectivity index is 1.28. The Bertz CT molecular complexity index is 927. The smallest absolute Gasteiger partial charge is 0.0815 e. The van der Waals surface area contributed by atoms with Crippen LogP contribution in [0.15, 0.2) is 53.4 Å². The molecule has 0 radical (unpaired) electrons. The Morgan fingerprint density at radius 2 is 1.83 bits per heavy atom. The highest BCUT2D eigenvalue weighted by atomic mass is 33.5. The Morgan fingerprint density at radius 3 is 2.83 bits per heavy atom. The van der Waals surface area contributed by atoms with Crippen molar-refractivity contribution in [2.45, 2.75) is 11.5 Å². The van der Waals surface area contributed by atoms with E-state index in [9.17, 15) is 0 Å². The summed E-state index contributed by atoms with van der Waals surface area (Å²) in [6, 6.07) is 15.3. The maximum Gasteiger partial charge on any atom is 0.0815 e. The van der Waals surface area contributed by atoms with Gasteiger partial charge in [-0.2, -0.15) is 0 Å². The minimum atomic E-state index is 1.02. The zero-order valence-electron chi connectivity index (χ0n) is 12.1. The van der Waals surface area contributed by atoms with Crippen molar-refractivity contribution in [2.75, 3.05) is 0 Å². The molecule has 116 valence electrons. The Hall–Kier alpha value is -0.660. The van der Waals surface area contributed by atoms with Crippen LogP contribution in [-0.4, -0.2) is 4.98 Å². The van der Waals surface area contributed by atoms with E-state index in [1.165, 1.54) is 25.9 Å². The van der Waals surface area contributed by atoms with Gasteiger partial charge in [0.2, 0.25) is 0 Å². The summed E-state index contributed by atoms with van der Waals surface area (Å²) in [6.45, 7) is 0. The summed E-state index contributed by atoms with van der Waals surface area (Å²) in [6.07, 6.45) is 0. The second kappa shape index (κ2) is 7.49. The molecule has 2 aromatic carbocycles. The molecule has 0 spiro atoms. The minimum Gasteiger partial charge on any atom is -0.245 e. The molecule has 0 saturated carbocycles. The normalized spacial score (nSPS) is 11.5. The van der Waals surface area contributed by atoms with E-state index in [0.717, 1.165) is 17.0 Å². The Labute approximate surface area is 154 Å². The summed E-state index contributed by atoms with van der Waals surface area (Å²) in [4.78, 5) is 4.38. The zero-order chi connectivity index (χ0) is 15.5. The summed E-state index contributed by atoms with van der Waals surface area (Å²) in [5, 5.41) is 3.70. The van der Waals surface area contributed by atoms with E-state index in [4.69, 9.17) is 0 Å². The topological polar surface area (TPSA) is 12.9 Å². The second-order valence-corrected chi connectivity index (χ2v) is 11.0. The van der Waals surface area contributed by atoms with Gasteiger partial charge < -0.3 is 0 Å². The summed E-state index contributed by atoms with van der Waals surface area (Å²) in [5.41, 5.74) is 5.84. The van der Waals surface area contributed by atoms with Crippen molar-refractivity contribution >= 4 is 74.4 Å². The Morgan fingerprint density at radius 1 is 0.913 bits per heavy atom. The first-order valence-electron chi connectivity index (χ1n) is 7.08. The Kier molecular flexibility index (Phi) is 5.16. The van der Waals surface area contributed by atoms with Gasteiger partial charge in [-0.25, -0.2) is 4.98 Å². The lowest BCUT2D eigenvalue weighted by atomic mass is 10.2. The first kappa shape index (κ1) is 15.8. The van der Waals surface area contributed by atoms with Crippen LogP contribution in [0.3, 0.4) is 0 Å². The molecule has 0 aliphatic heterocycles. The number of fused-ring (bicyclic) bond motifs is 2. The number of aromatic nitrogens is 1. The third-order valence-corrected chi connectivity index (χ3v) is 9.40. The summed E-state index contributed by atoms with van der Waals surface area (Å²) in [5.74, 6) is 2.09. The monoisotopic (exact) mass is 391 g/mol. The van der Waals surface area contributed by atoms with Gasteiger partial charge in [-0.1, -0.05) is 45.9 Å². The van der Waals surface area contributed by atoms with Crippen LogP contribution >= 0.6 is 54.1 Å². The first-order valence-corrected chi connectivity index (χ1v) is 12.7. The quantitative estimate of drug-likeness (QED) is 0.253. The van der Waals surface area contributed by atoms with E-state index in [0.29, 0.717) is 0 Å². The molecule has 6 heteroatoms. The van der Waals surface area contributed by atoms with Gasteiger partial charge in [-0.05, 0) is 49.9 Å². The third-order valence-electron chi connectivity index (χ3n) is 3.49. The molecule has 0 amide bonds. The van der Waals surface area contributed by atoms with E-state index in [2.05, 4.69) is 52.8 Å². The van der Waals surface area contributed by atoms with Crippen molar-refractivity contribution in [1.29, 1.82) is 0 Å². The standard InChI is InChI=1S/C17H13NS5/c1-2-4-16-14(3-1)13(9-19-16)10-22-23-21-8-12-5-6-17-15(7-12)18-11-20-17/h1-7,9,11H,8,10H2. The molecule has 2 aromatic heterocycles. The van der Waals surface area contributed by atoms with Gasteiger partial charge in [0, 0.05) is 16.2 Å². The first-order chi connectivity index (χ1) is 11.4. The average Bonchev–Trinajstić information content (AvgIpc) is 3.21. The fourth-order valence-corrected chi connectivity index (χ4v) is 7.68. The van der Waals surface area contributed by atoms with Crippen molar-refractivity contribution in [2.24, 2.45) is 0 Å². The van der Waals surface area contributed by atoms with E-state index >= 15 is 0 Å². The molecule has 0 unspecified atom stereocenters. The van der Waals surface area contributed by atoms with Crippen molar-refractivity contribution in [3.8, 4) is 0 Å². The summed E-state index contributed by atoms with van der Waals surface area (Å²) < 4.78 is 2.66. The lowest BCUT2D eigenvalue weighted by molar-refractivity contribution is 1.42. The van der Waals surface area contributed by atoms with Crippen molar-refractivity contribution in [3.63, 3.8) is 0 Å². The second-order valence-electron chi connectivity index (χ2n) is 5.00. The zero-order valence-corrected chi connectivity index (χ0v) is 16.2. The molecule has 0 aliphatic rings. The molecular weight excluding hydrogens is 379 g/mol. The number of nitrogens with zero attached hydrogens (tertiary/aromatic N) is 1. The van der Waals surface area contributed by atoms with E-state index in [-0.39, 0.29) is 0 Å². The average molecular weight is 392 g/mol. The fraction of sp³-hybridized carbons (Fsp3) is 0.118. The van der Waals surface area contributed by atoms with Crippen LogP contribution in [0.25, 0.3) is 20.3 Å². The molecule has 0 saturated heterocycles. The lowest BCUT2D eigenvalue weighted by Gasteiger charge is -2.02. The maximum atomic E-state index is 4.38. The predicted molar refractivity (Wildman–Crippen MR) is 112 cm³/mol. The van der Waals surface area contributed by atoms with Gasteiger partial charge in [0.25, 0.3) is 0 Å². The molecule has 2 heterocycles.